The molecule has 166 valence electrons. The predicted octanol–water partition coefficient (Wildman–Crippen LogP) is 8.66. The summed E-state index contributed by atoms with van der Waals surface area (Å²) in [5.41, 5.74) is 7.92. The standard InChI is InChI=1S/C25H32O.2C2H6/c1-17-11-9-10-12-22(17)23(18(2)16-26)19-13-20(24(3,4)5)15-21(14-19)25(6,7)8;2*1-2/h9-16H,1-8H3;2*1-2H3/b23-18+;;. The van der Waals surface area contributed by atoms with Crippen molar-refractivity contribution in [2.75, 3.05) is 0 Å². The first-order valence-corrected chi connectivity index (χ1v) is 11.3. The number of aldehydes is 1. The van der Waals surface area contributed by atoms with Gasteiger partial charge in [0.15, 0.2) is 0 Å². The van der Waals surface area contributed by atoms with Gasteiger partial charge in [0.2, 0.25) is 0 Å². The largest absolute Gasteiger partial charge is 0.298 e. The smallest absolute Gasteiger partial charge is 0.146 e. The maximum Gasteiger partial charge on any atom is 0.146 e. The molecule has 0 N–H and O–H groups in total. The van der Waals surface area contributed by atoms with Gasteiger partial charge in [-0.3, -0.25) is 4.79 Å². The van der Waals surface area contributed by atoms with Crippen molar-refractivity contribution in [1.82, 2.24) is 0 Å². The van der Waals surface area contributed by atoms with Gasteiger partial charge in [-0.05, 0) is 63.6 Å². The van der Waals surface area contributed by atoms with Crippen molar-refractivity contribution in [1.29, 1.82) is 0 Å². The molecule has 0 radical (unpaired) electrons. The molecule has 2 aromatic rings. The van der Waals surface area contributed by atoms with E-state index in [-0.39, 0.29) is 10.8 Å². The van der Waals surface area contributed by atoms with Crippen molar-refractivity contribution < 1.29 is 4.79 Å². The van der Waals surface area contributed by atoms with Crippen molar-refractivity contribution in [2.24, 2.45) is 0 Å². The highest BCUT2D eigenvalue weighted by Gasteiger charge is 2.22. The van der Waals surface area contributed by atoms with Crippen LogP contribution in [0, 0.1) is 6.92 Å². The second kappa shape index (κ2) is 11.9. The normalized spacial score (nSPS) is 12.0. The molecule has 30 heavy (non-hydrogen) atoms. The van der Waals surface area contributed by atoms with Crippen LogP contribution in [0.15, 0.2) is 48.0 Å². The summed E-state index contributed by atoms with van der Waals surface area (Å²) in [6.07, 6.45) is 0.975. The van der Waals surface area contributed by atoms with Crippen LogP contribution >= 0.6 is 0 Å². The van der Waals surface area contributed by atoms with Crippen molar-refractivity contribution in [2.45, 2.75) is 93.9 Å². The molecule has 0 atom stereocenters. The van der Waals surface area contributed by atoms with Crippen molar-refractivity contribution in [3.05, 3.63) is 75.9 Å². The molecule has 0 spiro atoms. The van der Waals surface area contributed by atoms with Gasteiger partial charge < -0.3 is 0 Å². The molecule has 1 nitrogen and oxygen atoms in total. The minimum absolute atomic E-state index is 0.0436. The highest BCUT2D eigenvalue weighted by Crippen LogP contribution is 2.36. The Morgan fingerprint density at radius 3 is 1.57 bits per heavy atom. The number of aryl methyl sites for hydroxylation is 1. The van der Waals surface area contributed by atoms with Crippen LogP contribution in [0.1, 0.15) is 104 Å². The van der Waals surface area contributed by atoms with Crippen LogP contribution in [0.25, 0.3) is 5.57 Å². The lowest BCUT2D eigenvalue weighted by atomic mass is 9.77. The lowest BCUT2D eigenvalue weighted by Gasteiger charge is -2.27. The van der Waals surface area contributed by atoms with E-state index in [9.17, 15) is 4.79 Å². The van der Waals surface area contributed by atoms with Gasteiger partial charge in [-0.2, -0.15) is 0 Å². The molecule has 0 aliphatic carbocycles. The predicted molar refractivity (Wildman–Crippen MR) is 135 cm³/mol. The Balaban J connectivity index is 0.00000198. The van der Waals surface area contributed by atoms with Crippen LogP contribution in [-0.4, -0.2) is 6.29 Å². The molecule has 2 rings (SSSR count). The summed E-state index contributed by atoms with van der Waals surface area (Å²) in [6.45, 7) is 25.4. The molecule has 0 aromatic heterocycles. The van der Waals surface area contributed by atoms with Gasteiger partial charge in [0.05, 0.1) is 0 Å². The van der Waals surface area contributed by atoms with E-state index in [1.54, 1.807) is 0 Å². The van der Waals surface area contributed by atoms with Gasteiger partial charge >= 0.3 is 0 Å². The Hall–Kier alpha value is -2.15. The molecule has 0 fully saturated rings. The maximum atomic E-state index is 11.7. The summed E-state index contributed by atoms with van der Waals surface area (Å²) in [5, 5.41) is 0. The molecule has 0 bridgehead atoms. The van der Waals surface area contributed by atoms with Crippen LogP contribution in [0.4, 0.5) is 0 Å². The van der Waals surface area contributed by atoms with Crippen LogP contribution in [0.5, 0.6) is 0 Å². The first-order chi connectivity index (χ1) is 13.9. The minimum atomic E-state index is 0.0436. The molecule has 0 saturated carbocycles. The number of hydrogen-bond acceptors (Lipinski definition) is 1. The van der Waals surface area contributed by atoms with Crippen LogP contribution in [-0.2, 0) is 15.6 Å². The second-order valence-corrected chi connectivity index (χ2v) is 9.29. The number of allylic oxidation sites excluding steroid dienone is 1. The second-order valence-electron chi connectivity index (χ2n) is 9.29. The van der Waals surface area contributed by atoms with E-state index in [2.05, 4.69) is 78.8 Å². The van der Waals surface area contributed by atoms with Crippen molar-refractivity contribution >= 4 is 11.9 Å². The van der Waals surface area contributed by atoms with E-state index < -0.39 is 0 Å². The zero-order valence-corrected chi connectivity index (χ0v) is 21.5. The number of hydrogen-bond donors (Lipinski definition) is 0. The third-order valence-electron chi connectivity index (χ3n) is 4.94. The molecule has 0 saturated heterocycles. The number of benzene rings is 2. The van der Waals surface area contributed by atoms with Crippen molar-refractivity contribution in [3.63, 3.8) is 0 Å². The van der Waals surface area contributed by atoms with Gasteiger partial charge in [-0.1, -0.05) is 112 Å². The molecule has 2 aromatic carbocycles. The van der Waals surface area contributed by atoms with E-state index in [1.165, 1.54) is 16.7 Å². The lowest BCUT2D eigenvalue weighted by Crippen LogP contribution is -2.17. The van der Waals surface area contributed by atoms with Crippen LogP contribution in [0.3, 0.4) is 0 Å². The van der Waals surface area contributed by atoms with E-state index in [0.717, 1.165) is 28.6 Å². The highest BCUT2D eigenvalue weighted by atomic mass is 16.1. The lowest BCUT2D eigenvalue weighted by molar-refractivity contribution is -0.104. The van der Waals surface area contributed by atoms with E-state index in [4.69, 9.17) is 0 Å². The zero-order chi connectivity index (χ0) is 23.7. The minimum Gasteiger partial charge on any atom is -0.298 e. The fraction of sp³-hybridized carbons (Fsp3) is 0.483. The number of carbonyl (C=O) groups excluding carboxylic acids is 1. The number of rotatable bonds is 3. The average Bonchev–Trinajstić information content (AvgIpc) is 2.71. The Kier molecular flexibility index (Phi) is 11.0. The molecule has 1 heteroatoms. The third-order valence-corrected chi connectivity index (χ3v) is 4.94. The molecule has 0 heterocycles. The van der Waals surface area contributed by atoms with E-state index in [1.807, 2.05) is 46.8 Å². The van der Waals surface area contributed by atoms with Gasteiger partial charge in [-0.15, -0.1) is 0 Å². The average molecular weight is 409 g/mol. The van der Waals surface area contributed by atoms with Gasteiger partial charge in [0.25, 0.3) is 0 Å². The summed E-state index contributed by atoms with van der Waals surface area (Å²) >= 11 is 0. The zero-order valence-electron chi connectivity index (χ0n) is 21.5. The maximum absolute atomic E-state index is 11.7. The Morgan fingerprint density at radius 2 is 1.20 bits per heavy atom. The summed E-state index contributed by atoms with van der Waals surface area (Å²) < 4.78 is 0. The summed E-state index contributed by atoms with van der Waals surface area (Å²) in [7, 11) is 0. The summed E-state index contributed by atoms with van der Waals surface area (Å²) in [5.74, 6) is 0. The van der Waals surface area contributed by atoms with Gasteiger partial charge in [-0.25, -0.2) is 0 Å². The fourth-order valence-corrected chi connectivity index (χ4v) is 3.15. The first kappa shape index (κ1) is 27.8. The fourth-order valence-electron chi connectivity index (χ4n) is 3.15. The molecular formula is C29H44O. The highest BCUT2D eigenvalue weighted by molar-refractivity contribution is 5.95. The molecular weight excluding hydrogens is 364 g/mol. The van der Waals surface area contributed by atoms with Crippen molar-refractivity contribution in [3.8, 4) is 0 Å². The topological polar surface area (TPSA) is 17.1 Å². The summed E-state index contributed by atoms with van der Waals surface area (Å²) in [4.78, 5) is 11.7. The Labute approximate surface area is 186 Å². The quantitative estimate of drug-likeness (QED) is 0.367. The summed E-state index contributed by atoms with van der Waals surface area (Å²) in [6, 6.07) is 15.1. The number of carbonyl (C=O) groups is 1. The first-order valence-electron chi connectivity index (χ1n) is 11.3. The molecule has 0 aliphatic rings. The third kappa shape index (κ3) is 7.27. The molecule has 0 amide bonds. The van der Waals surface area contributed by atoms with Crippen LogP contribution in [0.2, 0.25) is 0 Å². The van der Waals surface area contributed by atoms with Gasteiger partial charge in [0, 0.05) is 0 Å². The molecule has 0 aliphatic heterocycles. The monoisotopic (exact) mass is 408 g/mol. The van der Waals surface area contributed by atoms with Gasteiger partial charge in [0.1, 0.15) is 6.29 Å². The van der Waals surface area contributed by atoms with E-state index in [0.29, 0.717) is 0 Å². The van der Waals surface area contributed by atoms with Crippen LogP contribution < -0.4 is 0 Å². The van der Waals surface area contributed by atoms with E-state index >= 15 is 0 Å². The Morgan fingerprint density at radius 1 is 0.767 bits per heavy atom. The Bertz CT molecular complexity index is 807. The molecule has 0 unspecified atom stereocenters. The SMILES string of the molecule is C/C(C=O)=C(/c1cc(C(C)(C)C)cc(C(C)(C)C)c1)c1ccccc1C.CC.CC.